The number of rotatable bonds is 3. The molecule has 4 rings (SSSR count). The van der Waals surface area contributed by atoms with Crippen molar-refractivity contribution in [3.05, 3.63) is 81.9 Å². The first-order chi connectivity index (χ1) is 13.4. The van der Waals surface area contributed by atoms with Crippen LogP contribution in [-0.4, -0.2) is 16.7 Å². The number of anilines is 2. The summed E-state index contributed by atoms with van der Waals surface area (Å²) in [6.07, 6.45) is 2.20. The fourth-order valence-corrected chi connectivity index (χ4v) is 4.00. The molecule has 0 bridgehead atoms. The van der Waals surface area contributed by atoms with Crippen LogP contribution < -0.4 is 4.90 Å². The predicted octanol–water partition coefficient (Wildman–Crippen LogP) is 4.93. The normalized spacial score (nSPS) is 14.4. The van der Waals surface area contributed by atoms with Gasteiger partial charge in [0, 0.05) is 35.9 Å². The molecule has 3 aromatic rings. The van der Waals surface area contributed by atoms with E-state index in [-0.39, 0.29) is 16.6 Å². The molecule has 0 N–H and O–H groups in total. The van der Waals surface area contributed by atoms with Crippen LogP contribution in [0.25, 0.3) is 6.08 Å². The average Bonchev–Trinajstić information content (AvgIpc) is 3.23. The Morgan fingerprint density at radius 2 is 2.00 bits per heavy atom. The molecular formula is C21H14F2N2O2S. The van der Waals surface area contributed by atoms with Gasteiger partial charge in [-0.3, -0.25) is 14.5 Å². The lowest BCUT2D eigenvalue weighted by Crippen LogP contribution is -2.23. The molecule has 28 heavy (non-hydrogen) atoms. The van der Waals surface area contributed by atoms with Crippen molar-refractivity contribution in [1.82, 2.24) is 4.98 Å². The number of fused-ring (bicyclic) bond motifs is 1. The van der Waals surface area contributed by atoms with Crippen LogP contribution in [0.4, 0.5) is 19.6 Å². The van der Waals surface area contributed by atoms with Crippen LogP contribution >= 0.6 is 11.3 Å². The molecule has 7 heteroatoms. The third-order valence-electron chi connectivity index (χ3n) is 4.42. The summed E-state index contributed by atoms with van der Waals surface area (Å²) in [7, 11) is 0. The zero-order valence-electron chi connectivity index (χ0n) is 14.8. The van der Waals surface area contributed by atoms with Crippen molar-refractivity contribution >= 4 is 39.9 Å². The zero-order valence-corrected chi connectivity index (χ0v) is 15.6. The lowest BCUT2D eigenvalue weighted by molar-refractivity contribution is -0.115. The number of halogens is 2. The van der Waals surface area contributed by atoms with Crippen molar-refractivity contribution in [2.45, 2.75) is 13.3 Å². The van der Waals surface area contributed by atoms with Crippen molar-refractivity contribution in [2.75, 3.05) is 4.90 Å². The number of hydrogen-bond acceptors (Lipinski definition) is 4. The summed E-state index contributed by atoms with van der Waals surface area (Å²) in [5.41, 5.74) is 2.69. The Labute approximate surface area is 163 Å². The second-order valence-corrected chi connectivity index (χ2v) is 7.17. The molecular weight excluding hydrogens is 382 g/mol. The van der Waals surface area contributed by atoms with E-state index in [1.807, 2.05) is 18.2 Å². The van der Waals surface area contributed by atoms with E-state index in [1.165, 1.54) is 13.0 Å². The topological polar surface area (TPSA) is 50.3 Å². The molecule has 0 unspecified atom stereocenters. The molecule has 140 valence electrons. The van der Waals surface area contributed by atoms with E-state index in [1.54, 1.807) is 17.5 Å². The Bertz CT molecular complexity index is 1140. The van der Waals surface area contributed by atoms with Crippen molar-refractivity contribution in [1.29, 1.82) is 0 Å². The summed E-state index contributed by atoms with van der Waals surface area (Å²) in [4.78, 5) is 30.1. The van der Waals surface area contributed by atoms with Crippen molar-refractivity contribution in [3.8, 4) is 0 Å². The second-order valence-electron chi connectivity index (χ2n) is 6.34. The highest BCUT2D eigenvalue weighted by molar-refractivity contribution is 7.14. The van der Waals surface area contributed by atoms with Crippen LogP contribution in [0.5, 0.6) is 0 Å². The number of hydrogen-bond donors (Lipinski definition) is 0. The van der Waals surface area contributed by atoms with Gasteiger partial charge in [-0.2, -0.15) is 0 Å². The summed E-state index contributed by atoms with van der Waals surface area (Å²) in [6.45, 7) is 1.28. The van der Waals surface area contributed by atoms with Gasteiger partial charge in [-0.05, 0) is 23.8 Å². The number of nitrogens with zero attached hydrogens (tertiary/aromatic N) is 2. The van der Waals surface area contributed by atoms with E-state index in [0.717, 1.165) is 33.9 Å². The van der Waals surface area contributed by atoms with E-state index in [9.17, 15) is 18.4 Å². The number of thiazole rings is 1. The number of ketones is 1. The molecule has 1 amide bonds. The molecule has 0 aliphatic heterocycles. The van der Waals surface area contributed by atoms with Crippen molar-refractivity contribution in [2.24, 2.45) is 0 Å². The van der Waals surface area contributed by atoms with Gasteiger partial charge in [-0.25, -0.2) is 13.8 Å². The fraction of sp³-hybridized carbons (Fsp3) is 0.0952. The van der Waals surface area contributed by atoms with Gasteiger partial charge in [0.2, 0.25) is 5.91 Å². The molecule has 0 saturated carbocycles. The molecule has 2 aromatic carbocycles. The van der Waals surface area contributed by atoms with Gasteiger partial charge < -0.3 is 0 Å². The van der Waals surface area contributed by atoms with Gasteiger partial charge in [0.05, 0.1) is 11.4 Å². The Morgan fingerprint density at radius 3 is 2.71 bits per heavy atom. The number of benzene rings is 2. The maximum atomic E-state index is 14.2. The minimum Gasteiger partial charge on any atom is -0.289 e. The number of amides is 1. The van der Waals surface area contributed by atoms with Gasteiger partial charge in [0.25, 0.3) is 0 Å². The van der Waals surface area contributed by atoms with E-state index < -0.39 is 17.5 Å². The summed E-state index contributed by atoms with van der Waals surface area (Å²) < 4.78 is 27.4. The molecule has 1 aliphatic carbocycles. The number of allylic oxidation sites excluding steroid dienone is 1. The predicted molar refractivity (Wildman–Crippen MR) is 104 cm³/mol. The van der Waals surface area contributed by atoms with E-state index in [0.29, 0.717) is 23.3 Å². The lowest BCUT2D eigenvalue weighted by atomic mass is 10.1. The smallest absolute Gasteiger partial charge is 0.230 e. The number of carbonyl (C=O) groups excluding carboxylic acids is 2. The first-order valence-corrected chi connectivity index (χ1v) is 9.36. The molecule has 1 aliphatic rings. The SMILES string of the molecule is CC(=O)N(c1nc(/C=C2\Cc3ccccc3C2=O)cs1)c1ccc(F)cc1F. The number of Topliss-reactive ketones (excluding diaryl/α,β-unsaturated/α-hetero) is 1. The first-order valence-electron chi connectivity index (χ1n) is 8.48. The Hall–Kier alpha value is -3.19. The molecule has 0 spiro atoms. The van der Waals surface area contributed by atoms with E-state index in [2.05, 4.69) is 4.98 Å². The van der Waals surface area contributed by atoms with Crippen LogP contribution in [0.2, 0.25) is 0 Å². The van der Waals surface area contributed by atoms with Gasteiger partial charge in [0.15, 0.2) is 10.9 Å². The molecule has 0 fully saturated rings. The summed E-state index contributed by atoms with van der Waals surface area (Å²) >= 11 is 1.14. The highest BCUT2D eigenvalue weighted by Gasteiger charge is 2.25. The van der Waals surface area contributed by atoms with Gasteiger partial charge in [-0.15, -0.1) is 11.3 Å². The summed E-state index contributed by atoms with van der Waals surface area (Å²) in [6, 6.07) is 10.4. The van der Waals surface area contributed by atoms with Crippen molar-refractivity contribution < 1.29 is 18.4 Å². The molecule has 0 atom stereocenters. The maximum absolute atomic E-state index is 14.2. The van der Waals surface area contributed by atoms with Crippen LogP contribution in [0, 0.1) is 11.6 Å². The third-order valence-corrected chi connectivity index (χ3v) is 5.27. The van der Waals surface area contributed by atoms with Crippen molar-refractivity contribution in [3.63, 3.8) is 0 Å². The Balaban J connectivity index is 1.67. The van der Waals surface area contributed by atoms with Crippen LogP contribution in [0.1, 0.15) is 28.5 Å². The maximum Gasteiger partial charge on any atom is 0.230 e. The van der Waals surface area contributed by atoms with Crippen LogP contribution in [0.15, 0.2) is 53.4 Å². The second kappa shape index (κ2) is 7.09. The van der Waals surface area contributed by atoms with Crippen LogP contribution in [-0.2, 0) is 11.2 Å². The van der Waals surface area contributed by atoms with Gasteiger partial charge in [0.1, 0.15) is 11.6 Å². The molecule has 0 radical (unpaired) electrons. The monoisotopic (exact) mass is 396 g/mol. The Kier molecular flexibility index (Phi) is 4.60. The molecule has 1 aromatic heterocycles. The molecule has 4 nitrogen and oxygen atoms in total. The largest absolute Gasteiger partial charge is 0.289 e. The minimum absolute atomic E-state index is 0.0434. The first kappa shape index (κ1) is 18.2. The zero-order chi connectivity index (χ0) is 19.8. The number of aromatic nitrogens is 1. The van der Waals surface area contributed by atoms with Crippen LogP contribution in [0.3, 0.4) is 0 Å². The quantitative estimate of drug-likeness (QED) is 0.590. The highest BCUT2D eigenvalue weighted by atomic mass is 32.1. The standard InChI is InChI=1S/C21H14F2N2O2S/c1-12(26)25(19-7-6-15(22)10-18(19)23)21-24-16(11-28-21)9-14-8-13-4-2-3-5-17(13)20(14)27/h2-7,9-11H,8H2,1H3/b14-9+. The Morgan fingerprint density at radius 1 is 1.21 bits per heavy atom. The van der Waals surface area contributed by atoms with E-state index in [4.69, 9.17) is 0 Å². The molecule has 1 heterocycles. The summed E-state index contributed by atoms with van der Waals surface area (Å²) in [5.74, 6) is -2.08. The van der Waals surface area contributed by atoms with E-state index >= 15 is 0 Å². The number of carbonyl (C=O) groups is 2. The lowest BCUT2D eigenvalue weighted by Gasteiger charge is -2.18. The minimum atomic E-state index is -0.855. The molecule has 0 saturated heterocycles. The highest BCUT2D eigenvalue weighted by Crippen LogP contribution is 2.33. The van der Waals surface area contributed by atoms with Gasteiger partial charge >= 0.3 is 0 Å². The fourth-order valence-electron chi connectivity index (χ4n) is 3.16. The van der Waals surface area contributed by atoms with Gasteiger partial charge in [-0.1, -0.05) is 24.3 Å². The summed E-state index contributed by atoms with van der Waals surface area (Å²) in [5, 5.41) is 1.93. The third kappa shape index (κ3) is 3.25. The average molecular weight is 396 g/mol.